The highest BCUT2D eigenvalue weighted by atomic mass is 15.1. The normalized spacial score (nSPS) is 13.9. The molecular formula is C13H20N4. The molecule has 0 aliphatic carbocycles. The molecule has 0 bridgehead atoms. The maximum absolute atomic E-state index is 4.39. The third-order valence-electron chi connectivity index (χ3n) is 3.30. The van der Waals surface area contributed by atoms with Crippen molar-refractivity contribution in [3.8, 4) is 0 Å². The number of pyridine rings is 1. The highest BCUT2D eigenvalue weighted by molar-refractivity contribution is 5.85. The lowest BCUT2D eigenvalue weighted by atomic mass is 9.88. The molecule has 0 saturated carbocycles. The van der Waals surface area contributed by atoms with Crippen molar-refractivity contribution in [1.29, 1.82) is 0 Å². The van der Waals surface area contributed by atoms with Crippen LogP contribution in [0.4, 0.5) is 5.82 Å². The molecule has 1 N–H and O–H groups in total. The van der Waals surface area contributed by atoms with E-state index >= 15 is 0 Å². The standard InChI is InChI=1S/C13H20N4/c1-9(13(2,3)4)16-12-11-10(6-7-14-12)17(5)8-15-11/h6-9H,1-5H3,(H,14,16). The Morgan fingerprint density at radius 2 is 2.00 bits per heavy atom. The SMILES string of the molecule is CC(Nc1nccc2c1ncn2C)C(C)(C)C. The molecule has 0 fully saturated rings. The molecule has 0 aliphatic rings. The molecule has 2 heterocycles. The number of rotatable bonds is 2. The van der Waals surface area contributed by atoms with E-state index in [1.165, 1.54) is 0 Å². The molecular weight excluding hydrogens is 212 g/mol. The Bertz CT molecular complexity index is 522. The quantitative estimate of drug-likeness (QED) is 0.865. The summed E-state index contributed by atoms with van der Waals surface area (Å²) >= 11 is 0. The molecule has 0 aromatic carbocycles. The summed E-state index contributed by atoms with van der Waals surface area (Å²) in [7, 11) is 1.99. The highest BCUT2D eigenvalue weighted by Gasteiger charge is 2.21. The Hall–Kier alpha value is -1.58. The van der Waals surface area contributed by atoms with Crippen LogP contribution in [0.2, 0.25) is 0 Å². The van der Waals surface area contributed by atoms with E-state index in [-0.39, 0.29) is 5.41 Å². The van der Waals surface area contributed by atoms with Gasteiger partial charge in [0.25, 0.3) is 0 Å². The van der Waals surface area contributed by atoms with E-state index in [2.05, 4.69) is 43.0 Å². The third kappa shape index (κ3) is 2.25. The first-order chi connectivity index (χ1) is 7.89. The minimum atomic E-state index is 0.193. The largest absolute Gasteiger partial charge is 0.365 e. The van der Waals surface area contributed by atoms with Crippen molar-refractivity contribution in [2.75, 3.05) is 5.32 Å². The van der Waals surface area contributed by atoms with Crippen LogP contribution >= 0.6 is 0 Å². The molecule has 1 unspecified atom stereocenters. The summed E-state index contributed by atoms with van der Waals surface area (Å²) in [4.78, 5) is 8.78. The lowest BCUT2D eigenvalue weighted by molar-refractivity contribution is 0.359. The van der Waals surface area contributed by atoms with Crippen LogP contribution in [-0.4, -0.2) is 20.6 Å². The molecule has 1 atom stereocenters. The number of anilines is 1. The summed E-state index contributed by atoms with van der Waals surface area (Å²) in [6.45, 7) is 8.80. The first-order valence-electron chi connectivity index (χ1n) is 5.92. The molecule has 2 rings (SSSR count). The number of hydrogen-bond donors (Lipinski definition) is 1. The Morgan fingerprint density at radius 1 is 1.29 bits per heavy atom. The molecule has 0 amide bonds. The first-order valence-corrected chi connectivity index (χ1v) is 5.92. The van der Waals surface area contributed by atoms with E-state index in [1.807, 2.05) is 30.2 Å². The lowest BCUT2D eigenvalue weighted by Gasteiger charge is -2.28. The molecule has 0 spiro atoms. The van der Waals surface area contributed by atoms with E-state index in [9.17, 15) is 0 Å². The van der Waals surface area contributed by atoms with E-state index in [0.717, 1.165) is 16.9 Å². The predicted molar refractivity (Wildman–Crippen MR) is 71.0 cm³/mol. The van der Waals surface area contributed by atoms with Gasteiger partial charge in [0.05, 0.1) is 11.8 Å². The number of aryl methyl sites for hydroxylation is 1. The van der Waals surface area contributed by atoms with Crippen LogP contribution in [-0.2, 0) is 7.05 Å². The Labute approximate surface area is 102 Å². The van der Waals surface area contributed by atoms with Crippen LogP contribution in [0.5, 0.6) is 0 Å². The summed E-state index contributed by atoms with van der Waals surface area (Å²) in [5.41, 5.74) is 2.23. The first kappa shape index (κ1) is 11.9. The van der Waals surface area contributed by atoms with Crippen molar-refractivity contribution < 1.29 is 0 Å². The van der Waals surface area contributed by atoms with E-state index < -0.39 is 0 Å². The average Bonchev–Trinajstić information content (AvgIpc) is 2.60. The van der Waals surface area contributed by atoms with Crippen LogP contribution in [0, 0.1) is 5.41 Å². The van der Waals surface area contributed by atoms with Crippen molar-refractivity contribution in [3.63, 3.8) is 0 Å². The average molecular weight is 232 g/mol. The summed E-state index contributed by atoms with van der Waals surface area (Å²) in [6, 6.07) is 2.32. The second kappa shape index (κ2) is 4.02. The second-order valence-corrected chi connectivity index (χ2v) is 5.61. The van der Waals surface area contributed by atoms with Gasteiger partial charge in [-0.1, -0.05) is 20.8 Å². The molecule has 0 aliphatic heterocycles. The van der Waals surface area contributed by atoms with Crippen LogP contribution in [0.25, 0.3) is 11.0 Å². The van der Waals surface area contributed by atoms with Crippen LogP contribution in [0.15, 0.2) is 18.6 Å². The molecule has 4 heteroatoms. The lowest BCUT2D eigenvalue weighted by Crippen LogP contribution is -2.31. The second-order valence-electron chi connectivity index (χ2n) is 5.61. The number of nitrogens with one attached hydrogen (secondary N) is 1. The van der Waals surface area contributed by atoms with Crippen molar-refractivity contribution in [1.82, 2.24) is 14.5 Å². The van der Waals surface area contributed by atoms with Gasteiger partial charge >= 0.3 is 0 Å². The number of fused-ring (bicyclic) bond motifs is 1. The highest BCUT2D eigenvalue weighted by Crippen LogP contribution is 2.25. The van der Waals surface area contributed by atoms with Gasteiger partial charge < -0.3 is 9.88 Å². The summed E-state index contributed by atoms with van der Waals surface area (Å²) < 4.78 is 2.00. The van der Waals surface area contributed by atoms with Crippen molar-refractivity contribution >= 4 is 16.9 Å². The van der Waals surface area contributed by atoms with Gasteiger partial charge in [-0.15, -0.1) is 0 Å². The Morgan fingerprint density at radius 3 is 2.65 bits per heavy atom. The van der Waals surface area contributed by atoms with Gasteiger partial charge in [0, 0.05) is 19.3 Å². The molecule has 2 aromatic rings. The minimum Gasteiger partial charge on any atom is -0.365 e. The molecule has 4 nitrogen and oxygen atoms in total. The van der Waals surface area contributed by atoms with Gasteiger partial charge in [0.15, 0.2) is 5.82 Å². The fourth-order valence-electron chi connectivity index (χ4n) is 1.59. The van der Waals surface area contributed by atoms with Crippen molar-refractivity contribution in [2.24, 2.45) is 12.5 Å². The van der Waals surface area contributed by atoms with Crippen LogP contribution < -0.4 is 5.32 Å². The molecule has 92 valence electrons. The summed E-state index contributed by atoms with van der Waals surface area (Å²) in [6.07, 6.45) is 3.64. The maximum atomic E-state index is 4.39. The molecule has 0 radical (unpaired) electrons. The topological polar surface area (TPSA) is 42.7 Å². The Kier molecular flexibility index (Phi) is 2.81. The minimum absolute atomic E-state index is 0.193. The third-order valence-corrected chi connectivity index (χ3v) is 3.30. The zero-order chi connectivity index (χ0) is 12.6. The maximum Gasteiger partial charge on any atom is 0.154 e. The monoisotopic (exact) mass is 232 g/mol. The van der Waals surface area contributed by atoms with Crippen molar-refractivity contribution in [2.45, 2.75) is 33.7 Å². The number of hydrogen-bond acceptors (Lipinski definition) is 3. The predicted octanol–water partition coefficient (Wildman–Crippen LogP) is 2.81. The van der Waals surface area contributed by atoms with Gasteiger partial charge in [-0.25, -0.2) is 9.97 Å². The van der Waals surface area contributed by atoms with Gasteiger partial charge in [-0.2, -0.15) is 0 Å². The van der Waals surface area contributed by atoms with Gasteiger partial charge in [0.2, 0.25) is 0 Å². The fourth-order valence-corrected chi connectivity index (χ4v) is 1.59. The van der Waals surface area contributed by atoms with Gasteiger partial charge in [0.1, 0.15) is 5.52 Å². The fraction of sp³-hybridized carbons (Fsp3) is 0.538. The van der Waals surface area contributed by atoms with E-state index in [1.54, 1.807) is 0 Å². The molecule has 0 saturated heterocycles. The van der Waals surface area contributed by atoms with E-state index in [0.29, 0.717) is 6.04 Å². The number of nitrogens with zero attached hydrogens (tertiary/aromatic N) is 3. The Balaban J connectivity index is 2.37. The van der Waals surface area contributed by atoms with Gasteiger partial charge in [-0.3, -0.25) is 0 Å². The van der Waals surface area contributed by atoms with Crippen LogP contribution in [0.3, 0.4) is 0 Å². The van der Waals surface area contributed by atoms with Gasteiger partial charge in [-0.05, 0) is 18.4 Å². The number of imidazole rings is 1. The van der Waals surface area contributed by atoms with E-state index in [4.69, 9.17) is 0 Å². The summed E-state index contributed by atoms with van der Waals surface area (Å²) in [5.74, 6) is 0.866. The molecule has 17 heavy (non-hydrogen) atoms. The zero-order valence-corrected chi connectivity index (χ0v) is 11.2. The number of aromatic nitrogens is 3. The summed E-state index contributed by atoms with van der Waals surface area (Å²) in [5, 5.41) is 3.45. The molecule has 2 aromatic heterocycles. The smallest absolute Gasteiger partial charge is 0.154 e. The van der Waals surface area contributed by atoms with Crippen LogP contribution in [0.1, 0.15) is 27.7 Å². The zero-order valence-electron chi connectivity index (χ0n) is 11.2. The van der Waals surface area contributed by atoms with Crippen molar-refractivity contribution in [3.05, 3.63) is 18.6 Å².